The summed E-state index contributed by atoms with van der Waals surface area (Å²) in [6, 6.07) is 7.62. The quantitative estimate of drug-likeness (QED) is 0.584. The van der Waals surface area contributed by atoms with Crippen molar-refractivity contribution < 1.29 is 9.13 Å². The molecule has 28 heavy (non-hydrogen) atoms. The van der Waals surface area contributed by atoms with Crippen LogP contribution >= 0.6 is 0 Å². The average Bonchev–Trinajstić information content (AvgIpc) is 3.39. The predicted octanol–water partition coefficient (Wildman–Crippen LogP) is 2.12. The molecule has 0 aromatic carbocycles. The van der Waals surface area contributed by atoms with E-state index in [2.05, 4.69) is 26.6 Å². The molecule has 144 valence electrons. The van der Waals surface area contributed by atoms with E-state index in [1.807, 2.05) is 47.1 Å². The van der Waals surface area contributed by atoms with Crippen LogP contribution in [0, 0.1) is 0 Å². The first-order valence-electron chi connectivity index (χ1n) is 9.08. The molecular formula is C19H20FN7O. The van der Waals surface area contributed by atoms with E-state index < -0.39 is 6.17 Å². The number of rotatable bonds is 4. The van der Waals surface area contributed by atoms with Gasteiger partial charge in [0.05, 0.1) is 18.7 Å². The van der Waals surface area contributed by atoms with Crippen LogP contribution in [-0.2, 0) is 0 Å². The standard InChI is InChI=1S/C19H20FN7O/c1-25-10-15(20)16(11-25)22-19-23-18(28-2)17-14(5-8-27(17)24-19)12-4-7-26-13(9-12)3-6-21-26/h3-9,15-16H,10-11H2,1-2H3,(H,22,24)/t15-,16+/m0/s1. The van der Waals surface area contributed by atoms with Gasteiger partial charge in [-0.3, -0.25) is 0 Å². The number of likely N-dealkylation sites (tertiary alicyclic amines) is 1. The number of likely N-dealkylation sites (N-methyl/N-ethyl adjacent to an activating group) is 1. The number of nitrogens with zero attached hydrogens (tertiary/aromatic N) is 6. The number of halogens is 1. The minimum atomic E-state index is -0.960. The summed E-state index contributed by atoms with van der Waals surface area (Å²) >= 11 is 0. The zero-order chi connectivity index (χ0) is 19.3. The second kappa shape index (κ2) is 6.45. The Morgan fingerprint density at radius 1 is 1.18 bits per heavy atom. The maximum atomic E-state index is 14.1. The van der Waals surface area contributed by atoms with Gasteiger partial charge in [0.2, 0.25) is 11.8 Å². The number of hydrogen-bond acceptors (Lipinski definition) is 6. The molecule has 0 radical (unpaired) electrons. The Labute approximate surface area is 160 Å². The van der Waals surface area contributed by atoms with Crippen LogP contribution in [-0.4, -0.2) is 68.6 Å². The second-order valence-corrected chi connectivity index (χ2v) is 7.07. The smallest absolute Gasteiger partial charge is 0.244 e. The van der Waals surface area contributed by atoms with Crippen molar-refractivity contribution in [3.63, 3.8) is 0 Å². The van der Waals surface area contributed by atoms with E-state index in [9.17, 15) is 4.39 Å². The van der Waals surface area contributed by atoms with Gasteiger partial charge in [0, 0.05) is 37.2 Å². The molecule has 9 heteroatoms. The molecule has 4 aromatic rings. The highest BCUT2D eigenvalue weighted by molar-refractivity contribution is 5.85. The van der Waals surface area contributed by atoms with Gasteiger partial charge in [-0.05, 0) is 36.9 Å². The molecule has 0 saturated carbocycles. The highest BCUT2D eigenvalue weighted by Gasteiger charge is 2.31. The van der Waals surface area contributed by atoms with Gasteiger partial charge in [-0.25, -0.2) is 13.4 Å². The number of anilines is 1. The van der Waals surface area contributed by atoms with Gasteiger partial charge in [-0.1, -0.05) is 0 Å². The second-order valence-electron chi connectivity index (χ2n) is 7.07. The first-order chi connectivity index (χ1) is 13.6. The summed E-state index contributed by atoms with van der Waals surface area (Å²) in [5.41, 5.74) is 3.72. The van der Waals surface area contributed by atoms with Crippen molar-refractivity contribution in [2.45, 2.75) is 12.2 Å². The van der Waals surface area contributed by atoms with Crippen molar-refractivity contribution in [3.05, 3.63) is 42.9 Å². The lowest BCUT2D eigenvalue weighted by atomic mass is 10.1. The van der Waals surface area contributed by atoms with Crippen molar-refractivity contribution in [1.29, 1.82) is 0 Å². The molecule has 1 N–H and O–H groups in total. The van der Waals surface area contributed by atoms with Crippen LogP contribution in [0.15, 0.2) is 42.9 Å². The maximum absolute atomic E-state index is 14.1. The molecule has 5 heterocycles. The van der Waals surface area contributed by atoms with E-state index in [4.69, 9.17) is 4.74 Å². The molecule has 0 unspecified atom stereocenters. The zero-order valence-electron chi connectivity index (χ0n) is 15.6. The average molecular weight is 381 g/mol. The SMILES string of the molecule is COc1nc(N[C@@H]2CN(C)C[C@@H]2F)nn2ccc(-c3ccn4nccc4c3)c12. The molecule has 4 aromatic heterocycles. The summed E-state index contributed by atoms with van der Waals surface area (Å²) < 4.78 is 23.2. The first kappa shape index (κ1) is 16.9. The molecule has 1 fully saturated rings. The topological polar surface area (TPSA) is 72.0 Å². The normalized spacial score (nSPS) is 20.2. The molecular weight excluding hydrogens is 361 g/mol. The van der Waals surface area contributed by atoms with E-state index in [-0.39, 0.29) is 6.04 Å². The number of nitrogens with one attached hydrogen (secondary N) is 1. The van der Waals surface area contributed by atoms with Crippen molar-refractivity contribution in [3.8, 4) is 17.0 Å². The lowest BCUT2D eigenvalue weighted by Crippen LogP contribution is -2.30. The van der Waals surface area contributed by atoms with E-state index in [0.29, 0.717) is 24.9 Å². The number of ether oxygens (including phenoxy) is 1. The van der Waals surface area contributed by atoms with E-state index >= 15 is 0 Å². The van der Waals surface area contributed by atoms with Gasteiger partial charge < -0.3 is 15.0 Å². The number of pyridine rings is 1. The zero-order valence-corrected chi connectivity index (χ0v) is 15.6. The van der Waals surface area contributed by atoms with Crippen molar-refractivity contribution >= 4 is 17.0 Å². The van der Waals surface area contributed by atoms with Crippen LogP contribution in [0.25, 0.3) is 22.2 Å². The molecule has 2 atom stereocenters. The van der Waals surface area contributed by atoms with Crippen molar-refractivity contribution in [2.75, 3.05) is 32.6 Å². The van der Waals surface area contributed by atoms with E-state index in [1.54, 1.807) is 17.8 Å². The molecule has 0 aliphatic carbocycles. The van der Waals surface area contributed by atoms with Gasteiger partial charge in [0.15, 0.2) is 0 Å². The monoisotopic (exact) mass is 381 g/mol. The third-order valence-electron chi connectivity index (χ3n) is 5.13. The Balaban J connectivity index is 1.55. The third kappa shape index (κ3) is 2.75. The third-order valence-corrected chi connectivity index (χ3v) is 5.13. The molecule has 1 saturated heterocycles. The highest BCUT2D eigenvalue weighted by atomic mass is 19.1. The summed E-state index contributed by atoms with van der Waals surface area (Å²) in [7, 11) is 3.47. The Hall–Kier alpha value is -3.20. The fraction of sp³-hybridized carbons (Fsp3) is 0.316. The Morgan fingerprint density at radius 3 is 2.82 bits per heavy atom. The lowest BCUT2D eigenvalue weighted by molar-refractivity contribution is 0.313. The van der Waals surface area contributed by atoms with Gasteiger partial charge >= 0.3 is 0 Å². The Kier molecular flexibility index (Phi) is 3.90. The predicted molar refractivity (Wildman–Crippen MR) is 104 cm³/mol. The van der Waals surface area contributed by atoms with Crippen LogP contribution in [0.1, 0.15) is 0 Å². The molecule has 1 aliphatic rings. The number of methoxy groups -OCH3 is 1. The lowest BCUT2D eigenvalue weighted by Gasteiger charge is -2.15. The summed E-state index contributed by atoms with van der Waals surface area (Å²) in [4.78, 5) is 6.43. The first-order valence-corrected chi connectivity index (χ1v) is 9.08. The van der Waals surface area contributed by atoms with Crippen LogP contribution < -0.4 is 10.1 Å². The summed E-state index contributed by atoms with van der Waals surface area (Å²) in [5.74, 6) is 0.785. The van der Waals surface area contributed by atoms with E-state index in [1.165, 1.54) is 0 Å². The van der Waals surface area contributed by atoms with Gasteiger partial charge in [-0.15, -0.1) is 5.10 Å². The molecule has 0 amide bonds. The van der Waals surface area contributed by atoms with Gasteiger partial charge in [0.1, 0.15) is 11.7 Å². The van der Waals surface area contributed by atoms with Crippen LogP contribution in [0.2, 0.25) is 0 Å². The van der Waals surface area contributed by atoms with Gasteiger partial charge in [-0.2, -0.15) is 10.1 Å². The molecule has 0 spiro atoms. The summed E-state index contributed by atoms with van der Waals surface area (Å²) in [6.45, 7) is 1.01. The van der Waals surface area contributed by atoms with Crippen molar-refractivity contribution in [2.24, 2.45) is 0 Å². The Bertz CT molecular complexity index is 1150. The fourth-order valence-electron chi connectivity index (χ4n) is 3.77. The number of fused-ring (bicyclic) bond motifs is 2. The molecule has 0 bridgehead atoms. The molecule has 5 rings (SSSR count). The summed E-state index contributed by atoms with van der Waals surface area (Å²) in [5, 5.41) is 11.9. The minimum Gasteiger partial charge on any atom is -0.479 e. The molecule has 8 nitrogen and oxygen atoms in total. The highest BCUT2D eigenvalue weighted by Crippen LogP contribution is 2.32. The number of hydrogen-bond donors (Lipinski definition) is 1. The number of alkyl halides is 1. The number of aromatic nitrogens is 5. The van der Waals surface area contributed by atoms with E-state index in [0.717, 1.165) is 22.2 Å². The summed E-state index contributed by atoms with van der Waals surface area (Å²) in [6.07, 6.45) is 4.57. The minimum absolute atomic E-state index is 0.341. The van der Waals surface area contributed by atoms with Crippen LogP contribution in [0.3, 0.4) is 0 Å². The van der Waals surface area contributed by atoms with Crippen LogP contribution in [0.4, 0.5) is 10.3 Å². The van der Waals surface area contributed by atoms with Gasteiger partial charge in [0.25, 0.3) is 0 Å². The van der Waals surface area contributed by atoms with Crippen molar-refractivity contribution in [1.82, 2.24) is 29.1 Å². The fourth-order valence-corrected chi connectivity index (χ4v) is 3.77. The van der Waals surface area contributed by atoms with Crippen LogP contribution in [0.5, 0.6) is 5.88 Å². The maximum Gasteiger partial charge on any atom is 0.244 e. The largest absolute Gasteiger partial charge is 0.479 e. The Morgan fingerprint density at radius 2 is 2.04 bits per heavy atom. The molecule has 1 aliphatic heterocycles.